The second-order valence-corrected chi connectivity index (χ2v) is 12.1. The summed E-state index contributed by atoms with van der Waals surface area (Å²) in [5.41, 5.74) is 0.386. The zero-order valence-corrected chi connectivity index (χ0v) is 22.2. The van der Waals surface area contributed by atoms with Crippen LogP contribution in [0.2, 0.25) is 0 Å². The molecule has 6 unspecified atom stereocenters. The number of rotatable bonds is 5. The van der Waals surface area contributed by atoms with Crippen molar-refractivity contribution >= 4 is 73.2 Å². The third-order valence-electron chi connectivity index (χ3n) is 6.54. The maximum Gasteiger partial charge on any atom is 0.339 e. The van der Waals surface area contributed by atoms with E-state index in [1.807, 2.05) is 28.7 Å². The monoisotopic (exact) mass is 709 g/mol. The molecule has 0 amide bonds. The van der Waals surface area contributed by atoms with Crippen molar-refractivity contribution in [2.24, 2.45) is 23.7 Å². The predicted octanol–water partition coefficient (Wildman–Crippen LogP) is 2.74. The standard InChI is InChI=1S/C22H16I2O9S/c23-9-1-6-12(15(24)7-9)20(25)32-18-13-8-14-17(22(27)33-19(14)18)16(13)21(26)31-10-2-4-11(5-3-10)34(28,29)30/h1-7,13-14,16-19H,8H2,(H,28,29,30)/p-1. The first-order chi connectivity index (χ1) is 16.0. The van der Waals surface area contributed by atoms with Gasteiger partial charge in [-0.25, -0.2) is 13.2 Å². The summed E-state index contributed by atoms with van der Waals surface area (Å²) < 4.78 is 51.6. The summed E-state index contributed by atoms with van der Waals surface area (Å²) in [6.45, 7) is 0. The molecule has 2 saturated carbocycles. The number of halogens is 2. The highest BCUT2D eigenvalue weighted by atomic mass is 127. The minimum atomic E-state index is -4.63. The van der Waals surface area contributed by atoms with E-state index in [1.165, 1.54) is 12.1 Å². The quantitative estimate of drug-likeness (QED) is 0.199. The maximum absolute atomic E-state index is 13.1. The van der Waals surface area contributed by atoms with Gasteiger partial charge in [0.05, 0.1) is 22.3 Å². The van der Waals surface area contributed by atoms with Crippen LogP contribution >= 0.6 is 45.2 Å². The maximum atomic E-state index is 13.1. The Morgan fingerprint density at radius 3 is 2.41 bits per heavy atom. The molecular formula is C22H15I2O9S-. The molecule has 12 heteroatoms. The molecule has 2 aliphatic carbocycles. The van der Waals surface area contributed by atoms with Crippen LogP contribution in [-0.2, 0) is 29.2 Å². The Hall–Kier alpha value is -1.78. The fourth-order valence-electron chi connectivity index (χ4n) is 5.17. The van der Waals surface area contributed by atoms with Gasteiger partial charge in [0.15, 0.2) is 0 Å². The molecule has 9 nitrogen and oxygen atoms in total. The van der Waals surface area contributed by atoms with Gasteiger partial charge in [-0.2, -0.15) is 0 Å². The van der Waals surface area contributed by atoms with Gasteiger partial charge in [-0.1, -0.05) is 0 Å². The van der Waals surface area contributed by atoms with Crippen LogP contribution in [0.4, 0.5) is 0 Å². The van der Waals surface area contributed by atoms with E-state index in [-0.39, 0.29) is 11.7 Å². The van der Waals surface area contributed by atoms with E-state index in [0.29, 0.717) is 12.0 Å². The van der Waals surface area contributed by atoms with Gasteiger partial charge >= 0.3 is 17.9 Å². The van der Waals surface area contributed by atoms with Crippen LogP contribution in [0.5, 0.6) is 5.75 Å². The van der Waals surface area contributed by atoms with E-state index in [4.69, 9.17) is 14.2 Å². The first-order valence-electron chi connectivity index (χ1n) is 10.2. The van der Waals surface area contributed by atoms with Gasteiger partial charge in [0, 0.05) is 19.0 Å². The van der Waals surface area contributed by atoms with Crippen molar-refractivity contribution in [3.05, 3.63) is 55.2 Å². The van der Waals surface area contributed by atoms with Crippen LogP contribution in [0.25, 0.3) is 0 Å². The highest BCUT2D eigenvalue weighted by molar-refractivity contribution is 14.1. The van der Waals surface area contributed by atoms with E-state index in [0.717, 1.165) is 19.3 Å². The zero-order chi connectivity index (χ0) is 24.4. The summed E-state index contributed by atoms with van der Waals surface area (Å²) in [4.78, 5) is 38.0. The molecule has 2 aromatic rings. The molecule has 3 aliphatic rings. The van der Waals surface area contributed by atoms with Crippen LogP contribution in [0.1, 0.15) is 16.8 Å². The summed E-state index contributed by atoms with van der Waals surface area (Å²) in [5, 5.41) is 0. The van der Waals surface area contributed by atoms with E-state index >= 15 is 0 Å². The van der Waals surface area contributed by atoms with Crippen LogP contribution in [0.15, 0.2) is 47.4 Å². The van der Waals surface area contributed by atoms with E-state index < -0.39 is 62.9 Å². The summed E-state index contributed by atoms with van der Waals surface area (Å²) in [6.07, 6.45) is -0.894. The third-order valence-corrected chi connectivity index (χ3v) is 8.96. The first-order valence-corrected chi connectivity index (χ1v) is 13.8. The number of carbonyl (C=O) groups excluding carboxylic acids is 3. The Labute approximate surface area is 221 Å². The Balaban J connectivity index is 1.36. The molecule has 1 heterocycles. The molecular weight excluding hydrogens is 694 g/mol. The molecule has 2 bridgehead atoms. The second kappa shape index (κ2) is 8.71. The Kier molecular flexibility index (Phi) is 6.13. The van der Waals surface area contributed by atoms with Crippen molar-refractivity contribution < 1.29 is 41.6 Å². The third kappa shape index (κ3) is 4.11. The number of benzene rings is 2. The Morgan fingerprint density at radius 2 is 1.76 bits per heavy atom. The van der Waals surface area contributed by atoms with Crippen molar-refractivity contribution in [2.45, 2.75) is 23.5 Å². The van der Waals surface area contributed by atoms with Gasteiger partial charge in [-0.05, 0) is 94.1 Å². The van der Waals surface area contributed by atoms with E-state index in [9.17, 15) is 27.4 Å². The van der Waals surface area contributed by atoms with Crippen molar-refractivity contribution in [1.29, 1.82) is 0 Å². The smallest absolute Gasteiger partial charge is 0.339 e. The Morgan fingerprint density at radius 1 is 1.06 bits per heavy atom. The SMILES string of the molecule is O=C(OC1C2CC3C1OC(=O)C3C2C(=O)Oc1ccc(S(=O)(=O)[O-])cc1)c1ccc(I)cc1I. The van der Waals surface area contributed by atoms with Crippen LogP contribution in [-0.4, -0.2) is 43.1 Å². The van der Waals surface area contributed by atoms with Gasteiger partial charge < -0.3 is 18.8 Å². The fourth-order valence-corrected chi connectivity index (χ4v) is 7.46. The largest absolute Gasteiger partial charge is 0.744 e. The minimum Gasteiger partial charge on any atom is -0.744 e. The van der Waals surface area contributed by atoms with Crippen LogP contribution in [0.3, 0.4) is 0 Å². The molecule has 2 aromatic carbocycles. The number of hydrogen-bond acceptors (Lipinski definition) is 9. The molecule has 0 spiro atoms. The average molecular weight is 709 g/mol. The highest BCUT2D eigenvalue weighted by Gasteiger charge is 2.70. The number of fused-ring (bicyclic) bond motifs is 1. The van der Waals surface area contributed by atoms with Gasteiger partial charge in [0.1, 0.15) is 28.1 Å². The number of ether oxygens (including phenoxy) is 3. The summed E-state index contributed by atoms with van der Waals surface area (Å²) in [6, 6.07) is 9.77. The fraction of sp³-hybridized carbons (Fsp3) is 0.318. The minimum absolute atomic E-state index is 0.0325. The molecule has 0 radical (unpaired) electrons. The molecule has 178 valence electrons. The summed E-state index contributed by atoms with van der Waals surface area (Å²) in [7, 11) is -4.63. The number of esters is 3. The molecule has 0 N–H and O–H groups in total. The highest BCUT2D eigenvalue weighted by Crippen LogP contribution is 2.59. The molecule has 1 aliphatic heterocycles. The molecule has 6 atom stereocenters. The van der Waals surface area contributed by atoms with Crippen LogP contribution < -0.4 is 4.74 Å². The molecule has 34 heavy (non-hydrogen) atoms. The van der Waals surface area contributed by atoms with Gasteiger partial charge in [-0.3, -0.25) is 9.59 Å². The number of hydrogen-bond donors (Lipinski definition) is 0. The molecule has 0 aromatic heterocycles. The van der Waals surface area contributed by atoms with Gasteiger partial charge in [-0.15, -0.1) is 0 Å². The van der Waals surface area contributed by atoms with Crippen molar-refractivity contribution in [1.82, 2.24) is 0 Å². The van der Waals surface area contributed by atoms with Crippen molar-refractivity contribution in [2.75, 3.05) is 0 Å². The second-order valence-electron chi connectivity index (χ2n) is 8.36. The zero-order valence-electron chi connectivity index (χ0n) is 17.1. The lowest BCUT2D eigenvalue weighted by molar-refractivity contribution is -0.149. The molecule has 1 saturated heterocycles. The predicted molar refractivity (Wildman–Crippen MR) is 130 cm³/mol. The summed E-state index contributed by atoms with van der Waals surface area (Å²) >= 11 is 4.19. The van der Waals surface area contributed by atoms with Gasteiger partial charge in [0.2, 0.25) is 0 Å². The van der Waals surface area contributed by atoms with Gasteiger partial charge in [0.25, 0.3) is 0 Å². The van der Waals surface area contributed by atoms with E-state index in [1.54, 1.807) is 12.1 Å². The topological polar surface area (TPSA) is 136 Å². The normalized spacial score (nSPS) is 29.1. The summed E-state index contributed by atoms with van der Waals surface area (Å²) in [5.74, 6) is -4.00. The first kappa shape index (κ1) is 23.9. The molecule has 3 fully saturated rings. The van der Waals surface area contributed by atoms with Crippen molar-refractivity contribution in [3.63, 3.8) is 0 Å². The average Bonchev–Trinajstić information content (AvgIpc) is 3.37. The van der Waals surface area contributed by atoms with E-state index in [2.05, 4.69) is 22.6 Å². The molecule has 5 rings (SSSR count). The van der Waals surface area contributed by atoms with Crippen LogP contribution in [0, 0.1) is 30.8 Å². The lowest BCUT2D eigenvalue weighted by atomic mass is 9.78. The Bertz CT molecular complexity index is 1310. The lowest BCUT2D eigenvalue weighted by Gasteiger charge is -2.30. The number of carbonyl (C=O) groups is 3. The van der Waals surface area contributed by atoms with Crippen molar-refractivity contribution in [3.8, 4) is 5.75 Å². The lowest BCUT2D eigenvalue weighted by Crippen LogP contribution is -2.44.